The molecule has 2 rings (SSSR count). The fourth-order valence-corrected chi connectivity index (χ4v) is 1.83. The average Bonchev–Trinajstić information content (AvgIpc) is 2.56. The van der Waals surface area contributed by atoms with Crippen LogP contribution in [0.1, 0.15) is 11.4 Å². The minimum Gasteiger partial charge on any atom is -0.347 e. The van der Waals surface area contributed by atoms with E-state index in [9.17, 15) is 10.1 Å². The zero-order valence-electron chi connectivity index (χ0n) is 10.5. The van der Waals surface area contributed by atoms with Gasteiger partial charge in [0.15, 0.2) is 0 Å². The van der Waals surface area contributed by atoms with Crippen LogP contribution in [0.3, 0.4) is 0 Å². The van der Waals surface area contributed by atoms with Crippen molar-refractivity contribution in [1.82, 2.24) is 9.78 Å². The van der Waals surface area contributed by atoms with Crippen molar-refractivity contribution >= 4 is 17.1 Å². The van der Waals surface area contributed by atoms with Gasteiger partial charge in [0.1, 0.15) is 5.69 Å². The van der Waals surface area contributed by atoms with Crippen molar-refractivity contribution in [1.29, 1.82) is 0 Å². The molecule has 0 spiro atoms. The smallest absolute Gasteiger partial charge is 0.292 e. The van der Waals surface area contributed by atoms with Gasteiger partial charge in [-0.1, -0.05) is 12.1 Å². The molecule has 94 valence electrons. The van der Waals surface area contributed by atoms with Crippen LogP contribution in [0.2, 0.25) is 0 Å². The molecule has 0 aliphatic rings. The Labute approximate surface area is 104 Å². The normalized spacial score (nSPS) is 10.4. The Morgan fingerprint density at radius 3 is 2.56 bits per heavy atom. The lowest BCUT2D eigenvalue weighted by Gasteiger charge is -2.07. The summed E-state index contributed by atoms with van der Waals surface area (Å²) in [5.74, 6) is 0. The fraction of sp³-hybridized carbons (Fsp3) is 0.250. The van der Waals surface area contributed by atoms with E-state index in [0.29, 0.717) is 5.69 Å². The van der Waals surface area contributed by atoms with Crippen molar-refractivity contribution in [3.8, 4) is 0 Å². The maximum absolute atomic E-state index is 10.9. The predicted octanol–water partition coefficient (Wildman–Crippen LogP) is 2.69. The monoisotopic (exact) mass is 246 g/mol. The highest BCUT2D eigenvalue weighted by Gasteiger charge is 2.16. The quantitative estimate of drug-likeness (QED) is 0.667. The highest BCUT2D eigenvalue weighted by Crippen LogP contribution is 2.29. The van der Waals surface area contributed by atoms with Gasteiger partial charge in [-0.25, -0.2) is 0 Å². The molecule has 1 N–H and O–H groups in total. The first-order valence-electron chi connectivity index (χ1n) is 5.51. The predicted molar refractivity (Wildman–Crippen MR) is 69.1 cm³/mol. The number of aromatic nitrogens is 2. The Kier molecular flexibility index (Phi) is 3.01. The van der Waals surface area contributed by atoms with E-state index in [1.54, 1.807) is 22.9 Å². The maximum atomic E-state index is 10.9. The van der Waals surface area contributed by atoms with Gasteiger partial charge in [-0.15, -0.1) is 0 Å². The molecule has 6 heteroatoms. The van der Waals surface area contributed by atoms with Crippen LogP contribution in [-0.4, -0.2) is 14.7 Å². The molecule has 0 saturated carbocycles. The maximum Gasteiger partial charge on any atom is 0.292 e. The Morgan fingerprint density at radius 2 is 2.00 bits per heavy atom. The number of anilines is 2. The Bertz CT molecular complexity index is 604. The van der Waals surface area contributed by atoms with Gasteiger partial charge >= 0.3 is 0 Å². The van der Waals surface area contributed by atoms with Crippen molar-refractivity contribution < 1.29 is 4.92 Å². The van der Waals surface area contributed by atoms with Crippen LogP contribution in [0.15, 0.2) is 24.3 Å². The molecule has 0 atom stereocenters. The summed E-state index contributed by atoms with van der Waals surface area (Å²) in [6.45, 7) is 3.78. The fourth-order valence-electron chi connectivity index (χ4n) is 1.83. The summed E-state index contributed by atoms with van der Waals surface area (Å²) in [4.78, 5) is 10.5. The van der Waals surface area contributed by atoms with Crippen LogP contribution < -0.4 is 5.32 Å². The van der Waals surface area contributed by atoms with Gasteiger partial charge in [-0.3, -0.25) is 14.8 Å². The third-order valence-electron chi connectivity index (χ3n) is 2.87. The molecule has 0 saturated heterocycles. The second kappa shape index (κ2) is 4.48. The van der Waals surface area contributed by atoms with E-state index < -0.39 is 4.92 Å². The lowest BCUT2D eigenvalue weighted by Crippen LogP contribution is -1.99. The lowest BCUT2D eigenvalue weighted by molar-refractivity contribution is -0.383. The molecule has 0 amide bonds. The molecular formula is C12H14N4O2. The molecule has 0 aliphatic carbocycles. The summed E-state index contributed by atoms with van der Waals surface area (Å²) in [7, 11) is 1.84. The topological polar surface area (TPSA) is 73.0 Å². The van der Waals surface area contributed by atoms with E-state index in [2.05, 4.69) is 10.4 Å². The summed E-state index contributed by atoms with van der Waals surface area (Å²) in [5.41, 5.74) is 3.09. The van der Waals surface area contributed by atoms with Crippen molar-refractivity contribution in [2.24, 2.45) is 7.05 Å². The van der Waals surface area contributed by atoms with Gasteiger partial charge < -0.3 is 5.32 Å². The number of rotatable bonds is 3. The second-order valence-corrected chi connectivity index (χ2v) is 4.07. The minimum atomic E-state index is -0.399. The van der Waals surface area contributed by atoms with Gasteiger partial charge in [0, 0.05) is 13.1 Å². The van der Waals surface area contributed by atoms with Crippen molar-refractivity contribution in [2.45, 2.75) is 13.8 Å². The molecule has 0 radical (unpaired) electrons. The van der Waals surface area contributed by atoms with Crippen LogP contribution in [-0.2, 0) is 7.05 Å². The van der Waals surface area contributed by atoms with Gasteiger partial charge in [0.2, 0.25) is 0 Å². The van der Waals surface area contributed by atoms with Crippen LogP contribution >= 0.6 is 0 Å². The minimum absolute atomic E-state index is 0.0557. The van der Waals surface area contributed by atoms with Crippen LogP contribution in [0.4, 0.5) is 17.1 Å². The zero-order chi connectivity index (χ0) is 13.3. The van der Waals surface area contributed by atoms with Gasteiger partial charge in [-0.2, -0.15) is 5.10 Å². The molecule has 0 unspecified atom stereocenters. The molecule has 0 bridgehead atoms. The summed E-state index contributed by atoms with van der Waals surface area (Å²) >= 11 is 0. The van der Waals surface area contributed by atoms with E-state index in [1.165, 1.54) is 6.07 Å². The van der Waals surface area contributed by atoms with Crippen LogP contribution in [0.25, 0.3) is 0 Å². The number of aryl methyl sites for hydroxylation is 2. The van der Waals surface area contributed by atoms with Gasteiger partial charge in [0.05, 0.1) is 22.0 Å². The first-order chi connectivity index (χ1) is 8.50. The Hall–Kier alpha value is -2.37. The van der Waals surface area contributed by atoms with E-state index in [1.807, 2.05) is 20.9 Å². The second-order valence-electron chi connectivity index (χ2n) is 4.07. The van der Waals surface area contributed by atoms with Gasteiger partial charge in [0.25, 0.3) is 5.69 Å². The molecule has 0 fully saturated rings. The number of hydrogen-bond donors (Lipinski definition) is 1. The van der Waals surface area contributed by atoms with E-state index in [-0.39, 0.29) is 5.69 Å². The number of benzene rings is 1. The molecule has 1 heterocycles. The van der Waals surface area contributed by atoms with E-state index in [0.717, 1.165) is 17.1 Å². The molecule has 0 aliphatic heterocycles. The zero-order valence-corrected chi connectivity index (χ0v) is 10.5. The molecule has 1 aromatic carbocycles. The van der Waals surface area contributed by atoms with Crippen molar-refractivity contribution in [3.63, 3.8) is 0 Å². The number of nitrogens with one attached hydrogen (secondary N) is 1. The highest BCUT2D eigenvalue weighted by atomic mass is 16.6. The Morgan fingerprint density at radius 1 is 1.33 bits per heavy atom. The number of para-hydroxylation sites is 2. The lowest BCUT2D eigenvalue weighted by atomic mass is 10.2. The molecule has 1 aromatic heterocycles. The SMILES string of the molecule is Cc1nn(C)c(C)c1Nc1ccccc1[N+](=O)[O-]. The van der Waals surface area contributed by atoms with E-state index in [4.69, 9.17) is 0 Å². The molecular weight excluding hydrogens is 232 g/mol. The average molecular weight is 246 g/mol. The standard InChI is InChI=1S/C12H14N4O2/c1-8-12(9(2)15(3)14-8)13-10-6-4-5-7-11(10)16(17)18/h4-7,13H,1-3H3. The van der Waals surface area contributed by atoms with Crippen molar-refractivity contribution in [3.05, 3.63) is 45.8 Å². The highest BCUT2D eigenvalue weighted by molar-refractivity contribution is 5.71. The van der Waals surface area contributed by atoms with Crippen LogP contribution in [0.5, 0.6) is 0 Å². The number of nitro groups is 1. The van der Waals surface area contributed by atoms with Crippen molar-refractivity contribution in [2.75, 3.05) is 5.32 Å². The summed E-state index contributed by atoms with van der Waals surface area (Å²) in [6.07, 6.45) is 0. The van der Waals surface area contributed by atoms with Crippen LogP contribution in [0, 0.1) is 24.0 Å². The largest absolute Gasteiger partial charge is 0.347 e. The molecule has 2 aromatic rings. The van der Waals surface area contributed by atoms with E-state index >= 15 is 0 Å². The number of nitrogens with zero attached hydrogens (tertiary/aromatic N) is 3. The summed E-state index contributed by atoms with van der Waals surface area (Å²) in [5, 5.41) is 18.3. The third kappa shape index (κ3) is 2.04. The van der Waals surface area contributed by atoms with Gasteiger partial charge in [-0.05, 0) is 19.9 Å². The number of nitro benzene ring substituents is 1. The summed E-state index contributed by atoms with van der Waals surface area (Å²) < 4.78 is 1.74. The third-order valence-corrected chi connectivity index (χ3v) is 2.87. The first-order valence-corrected chi connectivity index (χ1v) is 5.51. The number of hydrogen-bond acceptors (Lipinski definition) is 4. The molecule has 6 nitrogen and oxygen atoms in total. The Balaban J connectivity index is 2.43. The molecule has 18 heavy (non-hydrogen) atoms. The summed E-state index contributed by atoms with van der Waals surface area (Å²) in [6, 6.07) is 6.57. The first kappa shape index (κ1) is 12.1.